The highest BCUT2D eigenvalue weighted by atomic mass is 35.5. The summed E-state index contributed by atoms with van der Waals surface area (Å²) >= 11 is 5.99. The molecular formula is C14H12ClFN2O2. The lowest BCUT2D eigenvalue weighted by Gasteiger charge is -2.14. The van der Waals surface area contributed by atoms with Crippen molar-refractivity contribution in [2.75, 3.05) is 0 Å². The number of nitrogens with zero attached hydrogens (tertiary/aromatic N) is 1. The van der Waals surface area contributed by atoms with Crippen molar-refractivity contribution in [2.24, 2.45) is 0 Å². The van der Waals surface area contributed by atoms with Crippen LogP contribution < -0.4 is 11.2 Å². The Balaban J connectivity index is 2.29. The normalized spacial score (nSPS) is 16.1. The van der Waals surface area contributed by atoms with Crippen LogP contribution >= 0.6 is 11.6 Å². The van der Waals surface area contributed by atoms with Crippen LogP contribution in [0.1, 0.15) is 19.8 Å². The Morgan fingerprint density at radius 2 is 1.85 bits per heavy atom. The summed E-state index contributed by atoms with van der Waals surface area (Å²) in [5.41, 5.74) is -0.712. The van der Waals surface area contributed by atoms with Crippen LogP contribution in [0.3, 0.4) is 0 Å². The lowest BCUT2D eigenvalue weighted by Crippen LogP contribution is -2.41. The highest BCUT2D eigenvalue weighted by molar-refractivity contribution is 6.32. The van der Waals surface area contributed by atoms with Gasteiger partial charge in [0.2, 0.25) is 0 Å². The third-order valence-electron chi connectivity index (χ3n) is 3.70. The maximum atomic E-state index is 13.0. The third-order valence-corrected chi connectivity index (χ3v) is 3.99. The first-order valence-electron chi connectivity index (χ1n) is 6.24. The number of hydrogen-bond donors (Lipinski definition) is 1. The fourth-order valence-electron chi connectivity index (χ4n) is 2.27. The fourth-order valence-corrected chi connectivity index (χ4v) is 2.54. The molecule has 4 nitrogen and oxygen atoms in total. The van der Waals surface area contributed by atoms with Gasteiger partial charge in [0.1, 0.15) is 11.0 Å². The van der Waals surface area contributed by atoms with E-state index in [4.69, 9.17) is 11.6 Å². The third kappa shape index (κ3) is 1.98. The molecule has 3 rings (SSSR count). The summed E-state index contributed by atoms with van der Waals surface area (Å²) in [4.78, 5) is 27.0. The van der Waals surface area contributed by atoms with Crippen molar-refractivity contribution < 1.29 is 4.39 Å². The van der Waals surface area contributed by atoms with Crippen LogP contribution in [-0.4, -0.2) is 9.55 Å². The first kappa shape index (κ1) is 13.1. The lowest BCUT2D eigenvalue weighted by molar-refractivity contribution is 0.487. The monoisotopic (exact) mass is 294 g/mol. The van der Waals surface area contributed by atoms with Crippen LogP contribution in [0.4, 0.5) is 4.39 Å². The molecule has 1 N–H and O–H groups in total. The maximum Gasteiger partial charge on any atom is 0.330 e. The SMILES string of the molecule is CC1(n2c(=O)[nH]c(Cl)c(-c3ccc(F)cc3)c2=O)CC1. The molecule has 1 aromatic carbocycles. The summed E-state index contributed by atoms with van der Waals surface area (Å²) in [6, 6.07) is 5.43. The summed E-state index contributed by atoms with van der Waals surface area (Å²) in [6.45, 7) is 1.85. The van der Waals surface area contributed by atoms with Crippen molar-refractivity contribution in [3.05, 3.63) is 56.1 Å². The number of aromatic nitrogens is 2. The lowest BCUT2D eigenvalue weighted by atomic mass is 10.1. The summed E-state index contributed by atoms with van der Waals surface area (Å²) < 4.78 is 14.2. The average Bonchev–Trinajstić information content (AvgIpc) is 3.09. The molecule has 6 heteroatoms. The van der Waals surface area contributed by atoms with Crippen LogP contribution in [0.15, 0.2) is 33.9 Å². The summed E-state index contributed by atoms with van der Waals surface area (Å²) in [6.07, 6.45) is 1.56. The number of halogens is 2. The van der Waals surface area contributed by atoms with Gasteiger partial charge in [-0.1, -0.05) is 23.7 Å². The van der Waals surface area contributed by atoms with Crippen molar-refractivity contribution in [3.8, 4) is 11.1 Å². The zero-order chi connectivity index (χ0) is 14.5. The fraction of sp³-hybridized carbons (Fsp3) is 0.286. The number of H-pyrrole nitrogens is 1. The first-order chi connectivity index (χ1) is 9.42. The zero-order valence-corrected chi connectivity index (χ0v) is 11.5. The minimum atomic E-state index is -0.508. The maximum absolute atomic E-state index is 13.0. The smallest absolute Gasteiger partial charge is 0.297 e. The number of hydrogen-bond acceptors (Lipinski definition) is 2. The van der Waals surface area contributed by atoms with Gasteiger partial charge >= 0.3 is 5.69 Å². The molecule has 0 saturated heterocycles. The van der Waals surface area contributed by atoms with Crippen molar-refractivity contribution in [1.29, 1.82) is 0 Å². The predicted octanol–water partition coefficient (Wildman–Crippen LogP) is 2.51. The Kier molecular flexibility index (Phi) is 2.83. The van der Waals surface area contributed by atoms with Gasteiger partial charge in [0.05, 0.1) is 11.1 Å². The average molecular weight is 295 g/mol. The molecule has 0 spiro atoms. The van der Waals surface area contributed by atoms with Gasteiger partial charge in [-0.05, 0) is 37.5 Å². The highest BCUT2D eigenvalue weighted by Crippen LogP contribution is 2.41. The van der Waals surface area contributed by atoms with Crippen LogP contribution in [0.5, 0.6) is 0 Å². The number of benzene rings is 1. The topological polar surface area (TPSA) is 54.9 Å². The second-order valence-electron chi connectivity index (χ2n) is 5.26. The van der Waals surface area contributed by atoms with Gasteiger partial charge in [-0.25, -0.2) is 9.18 Å². The molecule has 1 aliphatic carbocycles. The van der Waals surface area contributed by atoms with E-state index in [0.29, 0.717) is 5.56 Å². The van der Waals surface area contributed by atoms with Gasteiger partial charge in [0.25, 0.3) is 5.56 Å². The largest absolute Gasteiger partial charge is 0.330 e. The summed E-state index contributed by atoms with van der Waals surface area (Å²) in [5.74, 6) is -0.399. The molecule has 0 unspecified atom stereocenters. The molecule has 0 bridgehead atoms. The Morgan fingerprint density at radius 1 is 1.25 bits per heavy atom. The minimum Gasteiger partial charge on any atom is -0.297 e. The molecule has 104 valence electrons. The predicted molar refractivity (Wildman–Crippen MR) is 74.6 cm³/mol. The number of aromatic amines is 1. The molecule has 1 saturated carbocycles. The van der Waals surface area contributed by atoms with Gasteiger partial charge in [0, 0.05) is 0 Å². The Bertz CT molecular complexity index is 788. The van der Waals surface area contributed by atoms with Gasteiger partial charge in [-0.3, -0.25) is 14.3 Å². The first-order valence-corrected chi connectivity index (χ1v) is 6.61. The van der Waals surface area contributed by atoms with Crippen molar-refractivity contribution in [2.45, 2.75) is 25.3 Å². The van der Waals surface area contributed by atoms with Crippen molar-refractivity contribution >= 4 is 11.6 Å². The number of nitrogens with one attached hydrogen (secondary N) is 1. The highest BCUT2D eigenvalue weighted by Gasteiger charge is 2.42. The molecule has 0 radical (unpaired) electrons. The molecule has 2 aromatic rings. The molecule has 1 aromatic heterocycles. The van der Waals surface area contributed by atoms with Gasteiger partial charge in [0.15, 0.2) is 0 Å². The molecule has 20 heavy (non-hydrogen) atoms. The van der Waals surface area contributed by atoms with Gasteiger partial charge < -0.3 is 0 Å². The van der Waals surface area contributed by atoms with Crippen molar-refractivity contribution in [3.63, 3.8) is 0 Å². The summed E-state index contributed by atoms with van der Waals surface area (Å²) in [5, 5.41) is -0.0212. The number of rotatable bonds is 2. The van der Waals surface area contributed by atoms with Gasteiger partial charge in [-0.2, -0.15) is 0 Å². The van der Waals surface area contributed by atoms with E-state index in [1.807, 2.05) is 6.92 Å². The minimum absolute atomic E-state index is 0.0212. The van der Waals surface area contributed by atoms with E-state index in [0.717, 1.165) is 12.8 Å². The van der Waals surface area contributed by atoms with Gasteiger partial charge in [-0.15, -0.1) is 0 Å². The van der Waals surface area contributed by atoms with E-state index < -0.39 is 22.6 Å². The van der Waals surface area contributed by atoms with Crippen LogP contribution in [0, 0.1) is 5.82 Å². The molecule has 1 aliphatic rings. The van der Waals surface area contributed by atoms with Crippen LogP contribution in [-0.2, 0) is 5.54 Å². The van der Waals surface area contributed by atoms with E-state index in [-0.39, 0.29) is 10.7 Å². The van der Waals surface area contributed by atoms with Crippen molar-refractivity contribution in [1.82, 2.24) is 9.55 Å². The quantitative estimate of drug-likeness (QED) is 0.865. The second-order valence-corrected chi connectivity index (χ2v) is 5.64. The van der Waals surface area contributed by atoms with Crippen LogP contribution in [0.25, 0.3) is 11.1 Å². The second kappa shape index (κ2) is 4.31. The standard InChI is InChI=1S/C14H12ClFN2O2/c1-14(6-7-14)18-12(19)10(11(15)17-13(18)20)8-2-4-9(16)5-3-8/h2-5H,6-7H2,1H3,(H,17,20). The molecule has 0 amide bonds. The zero-order valence-electron chi connectivity index (χ0n) is 10.7. The summed E-state index contributed by atoms with van der Waals surface area (Å²) in [7, 11) is 0. The van der Waals surface area contributed by atoms with E-state index in [9.17, 15) is 14.0 Å². The van der Waals surface area contributed by atoms with Crippen LogP contribution in [0.2, 0.25) is 5.15 Å². The van der Waals surface area contributed by atoms with E-state index in [2.05, 4.69) is 4.98 Å². The Morgan fingerprint density at radius 3 is 2.40 bits per heavy atom. The Labute approximate surface area is 118 Å². The molecule has 0 aliphatic heterocycles. The Hall–Kier alpha value is -1.88. The molecule has 0 atom stereocenters. The van der Waals surface area contributed by atoms with E-state index in [1.54, 1.807) is 0 Å². The molecule has 1 fully saturated rings. The van der Waals surface area contributed by atoms with E-state index >= 15 is 0 Å². The molecular weight excluding hydrogens is 283 g/mol. The molecule has 1 heterocycles. The van der Waals surface area contributed by atoms with E-state index in [1.165, 1.54) is 28.8 Å².